The van der Waals surface area contributed by atoms with Gasteiger partial charge >= 0.3 is 0 Å². The number of rotatable bonds is 6. The van der Waals surface area contributed by atoms with E-state index in [9.17, 15) is 16.8 Å². The largest absolute Gasteiger partial charge is 0.492 e. The third-order valence-corrected chi connectivity index (χ3v) is 5.56. The maximum Gasteiger partial charge on any atom is 0.262 e. The molecule has 0 radical (unpaired) electrons. The maximum atomic E-state index is 11.2. The second kappa shape index (κ2) is 6.70. The normalized spacial score (nSPS) is 12.4. The summed E-state index contributed by atoms with van der Waals surface area (Å²) in [6.07, 6.45) is 1.40. The van der Waals surface area contributed by atoms with Gasteiger partial charge in [0.1, 0.15) is 25.5 Å². The van der Waals surface area contributed by atoms with Gasteiger partial charge in [-0.25, -0.2) is 16.8 Å². The van der Waals surface area contributed by atoms with E-state index in [4.69, 9.17) is 38.6 Å². The lowest BCUT2D eigenvalue weighted by atomic mass is 10.3. The summed E-state index contributed by atoms with van der Waals surface area (Å²) < 4.78 is 49.5. The molecule has 1 rings (SSSR count). The lowest BCUT2D eigenvalue weighted by Gasteiger charge is -2.10. The summed E-state index contributed by atoms with van der Waals surface area (Å²) in [7, 11) is -1.87. The van der Waals surface area contributed by atoms with Crippen molar-refractivity contribution < 1.29 is 21.6 Å². The highest BCUT2D eigenvalue weighted by Crippen LogP contribution is 2.37. The number of hydrogen-bond acceptors (Lipinski definition) is 5. The molecule has 1 aromatic rings. The Labute approximate surface area is 132 Å². The van der Waals surface area contributed by atoms with Crippen LogP contribution >= 0.6 is 33.9 Å². The Hall–Kier alpha value is -0.210. The molecule has 0 saturated heterocycles. The van der Waals surface area contributed by atoms with Crippen molar-refractivity contribution in [2.24, 2.45) is 0 Å². The van der Waals surface area contributed by atoms with Crippen LogP contribution in [0.2, 0.25) is 10.0 Å². The fourth-order valence-corrected chi connectivity index (χ4v) is 3.75. The molecule has 0 aromatic heterocycles. The van der Waals surface area contributed by atoms with Crippen LogP contribution in [0.4, 0.5) is 0 Å². The van der Waals surface area contributed by atoms with Crippen LogP contribution in [0.5, 0.6) is 5.75 Å². The molecule has 114 valence electrons. The van der Waals surface area contributed by atoms with Crippen LogP contribution in [0.15, 0.2) is 17.0 Å². The molecule has 0 aliphatic rings. The Bertz CT molecular complexity index is 698. The van der Waals surface area contributed by atoms with Crippen molar-refractivity contribution in [3.05, 3.63) is 22.2 Å². The third-order valence-electron chi connectivity index (χ3n) is 2.19. The lowest BCUT2D eigenvalue weighted by Crippen LogP contribution is -2.08. The van der Waals surface area contributed by atoms with E-state index in [0.29, 0.717) is 0 Å². The maximum absolute atomic E-state index is 11.2. The predicted octanol–water partition coefficient (Wildman–Crippen LogP) is 2.73. The molecule has 0 unspecified atom stereocenters. The molecule has 0 spiro atoms. The minimum absolute atomic E-state index is 0.0213. The summed E-state index contributed by atoms with van der Waals surface area (Å²) in [5.74, 6) is 0.140. The minimum Gasteiger partial charge on any atom is -0.492 e. The fraction of sp³-hybridized carbons (Fsp3) is 0.400. The number of hydrogen-bond donors (Lipinski definition) is 0. The molecule has 5 nitrogen and oxygen atoms in total. The Morgan fingerprint density at radius 2 is 1.70 bits per heavy atom. The van der Waals surface area contributed by atoms with Gasteiger partial charge in [0.2, 0.25) is 0 Å². The van der Waals surface area contributed by atoms with Crippen molar-refractivity contribution in [2.45, 2.75) is 11.3 Å². The monoisotopic (exact) mass is 380 g/mol. The van der Waals surface area contributed by atoms with Gasteiger partial charge in [0, 0.05) is 16.9 Å². The zero-order valence-electron chi connectivity index (χ0n) is 10.3. The van der Waals surface area contributed by atoms with E-state index in [-0.39, 0.29) is 39.5 Å². The molecule has 0 N–H and O–H groups in total. The number of sulfone groups is 1. The average Bonchev–Trinajstić information content (AvgIpc) is 2.26. The topological polar surface area (TPSA) is 77.5 Å². The Morgan fingerprint density at radius 1 is 1.10 bits per heavy atom. The Balaban J connectivity index is 2.82. The van der Waals surface area contributed by atoms with Crippen molar-refractivity contribution in [1.29, 1.82) is 0 Å². The van der Waals surface area contributed by atoms with E-state index >= 15 is 0 Å². The van der Waals surface area contributed by atoms with Gasteiger partial charge in [-0.05, 0) is 18.6 Å². The van der Waals surface area contributed by atoms with Crippen molar-refractivity contribution in [3.63, 3.8) is 0 Å². The molecule has 0 fully saturated rings. The SMILES string of the molecule is CS(=O)(=O)CCCOc1ccc(S(=O)(=O)Cl)c(Cl)c1Cl. The van der Waals surface area contributed by atoms with Crippen LogP contribution in [-0.4, -0.2) is 35.5 Å². The summed E-state index contributed by atoms with van der Waals surface area (Å²) >= 11 is 11.7. The standard InChI is InChI=1S/C10H11Cl3O5S2/c1-19(14,15)6-2-5-18-7-3-4-8(20(13,16)17)10(12)9(7)11/h3-4H,2,5-6H2,1H3. The highest BCUT2D eigenvalue weighted by molar-refractivity contribution is 8.13. The first-order valence-electron chi connectivity index (χ1n) is 5.25. The van der Waals surface area contributed by atoms with E-state index in [1.165, 1.54) is 12.1 Å². The minimum atomic E-state index is -4.00. The van der Waals surface area contributed by atoms with E-state index in [1.54, 1.807) is 0 Å². The summed E-state index contributed by atoms with van der Waals surface area (Å²) in [5.41, 5.74) is 0. The van der Waals surface area contributed by atoms with Crippen molar-refractivity contribution >= 4 is 52.8 Å². The summed E-state index contributed by atoms with van der Waals surface area (Å²) in [6.45, 7) is 0.107. The molecule has 1 aromatic carbocycles. The van der Waals surface area contributed by atoms with Gasteiger partial charge in [0.25, 0.3) is 9.05 Å². The van der Waals surface area contributed by atoms with E-state index in [2.05, 4.69) is 0 Å². The first-order chi connectivity index (χ1) is 9.02. The molecular formula is C10H11Cl3O5S2. The second-order valence-electron chi connectivity index (χ2n) is 3.96. The summed E-state index contributed by atoms with van der Waals surface area (Å²) in [6, 6.07) is 2.48. The smallest absolute Gasteiger partial charge is 0.262 e. The van der Waals surface area contributed by atoms with Gasteiger partial charge in [-0.1, -0.05) is 23.2 Å². The van der Waals surface area contributed by atoms with Crippen LogP contribution < -0.4 is 4.74 Å². The van der Waals surface area contributed by atoms with Gasteiger partial charge in [-0.15, -0.1) is 0 Å². The van der Waals surface area contributed by atoms with Gasteiger partial charge < -0.3 is 4.74 Å². The van der Waals surface area contributed by atoms with Crippen molar-refractivity contribution in [1.82, 2.24) is 0 Å². The summed E-state index contributed by atoms with van der Waals surface area (Å²) in [4.78, 5) is -0.311. The second-order valence-corrected chi connectivity index (χ2v) is 9.51. The zero-order chi connectivity index (χ0) is 15.6. The highest BCUT2D eigenvalue weighted by Gasteiger charge is 2.19. The van der Waals surface area contributed by atoms with E-state index in [1.807, 2.05) is 0 Å². The van der Waals surface area contributed by atoms with Crippen LogP contribution in [0.3, 0.4) is 0 Å². The number of halogens is 3. The van der Waals surface area contributed by atoms with Crippen LogP contribution in [-0.2, 0) is 18.9 Å². The van der Waals surface area contributed by atoms with Crippen molar-refractivity contribution in [2.75, 3.05) is 18.6 Å². The average molecular weight is 382 g/mol. The lowest BCUT2D eigenvalue weighted by molar-refractivity contribution is 0.318. The molecule has 0 atom stereocenters. The molecule has 10 heteroatoms. The molecule has 0 aliphatic heterocycles. The highest BCUT2D eigenvalue weighted by atomic mass is 35.7. The molecule has 0 heterocycles. The Kier molecular flexibility index (Phi) is 5.98. The predicted molar refractivity (Wildman–Crippen MR) is 79.3 cm³/mol. The number of ether oxygens (including phenoxy) is 1. The van der Waals surface area contributed by atoms with Gasteiger partial charge in [0.05, 0.1) is 17.4 Å². The van der Waals surface area contributed by atoms with Crippen LogP contribution in [0.1, 0.15) is 6.42 Å². The van der Waals surface area contributed by atoms with E-state index < -0.39 is 18.9 Å². The van der Waals surface area contributed by atoms with Gasteiger partial charge in [0.15, 0.2) is 0 Å². The van der Waals surface area contributed by atoms with Crippen molar-refractivity contribution in [3.8, 4) is 5.75 Å². The molecule has 0 saturated carbocycles. The van der Waals surface area contributed by atoms with Crippen LogP contribution in [0, 0.1) is 0 Å². The molecule has 0 bridgehead atoms. The molecule has 20 heavy (non-hydrogen) atoms. The molecular weight excluding hydrogens is 371 g/mol. The zero-order valence-corrected chi connectivity index (χ0v) is 14.2. The summed E-state index contributed by atoms with van der Waals surface area (Å²) in [5, 5.41) is -0.324. The first-order valence-corrected chi connectivity index (χ1v) is 10.4. The van der Waals surface area contributed by atoms with Crippen LogP contribution in [0.25, 0.3) is 0 Å². The third kappa shape index (κ3) is 5.29. The van der Waals surface area contributed by atoms with Gasteiger partial charge in [-0.3, -0.25) is 0 Å². The Morgan fingerprint density at radius 3 is 2.20 bits per heavy atom. The molecule has 0 aliphatic carbocycles. The quantitative estimate of drug-likeness (QED) is 0.559. The van der Waals surface area contributed by atoms with Gasteiger partial charge in [-0.2, -0.15) is 0 Å². The molecule has 0 amide bonds. The number of benzene rings is 1. The van der Waals surface area contributed by atoms with E-state index in [0.717, 1.165) is 6.26 Å². The fourth-order valence-electron chi connectivity index (χ4n) is 1.32. The first kappa shape index (κ1) is 17.8.